The highest BCUT2D eigenvalue weighted by Crippen LogP contribution is 2.25. The highest BCUT2D eigenvalue weighted by molar-refractivity contribution is 5.33. The van der Waals surface area contributed by atoms with Crippen molar-refractivity contribution in [2.75, 3.05) is 13.6 Å². The molecule has 3 heteroatoms. The van der Waals surface area contributed by atoms with Crippen LogP contribution in [0.3, 0.4) is 0 Å². The van der Waals surface area contributed by atoms with Gasteiger partial charge in [-0.1, -0.05) is 12.1 Å². The number of phenolic OH excluding ortho intramolecular Hbond substituents is 1. The number of halogens is 1. The molecule has 1 atom stereocenters. The monoisotopic (exact) mass is 209 g/mol. The summed E-state index contributed by atoms with van der Waals surface area (Å²) in [5.74, 6) is -0.747. The number of rotatable bonds is 5. The van der Waals surface area contributed by atoms with Crippen molar-refractivity contribution in [2.24, 2.45) is 0 Å². The summed E-state index contributed by atoms with van der Waals surface area (Å²) in [5, 5.41) is 12.3. The number of phenols is 1. The maximum Gasteiger partial charge on any atom is 0.164 e. The molecule has 0 bridgehead atoms. The van der Waals surface area contributed by atoms with E-state index in [1.807, 2.05) is 13.1 Å². The molecule has 82 valence electrons. The third kappa shape index (κ3) is 3.06. The molecule has 0 aliphatic rings. The number of hydrogen-bond donors (Lipinski definition) is 2. The molecule has 1 rings (SSSR count). The largest absolute Gasteiger partial charge is 0.505 e. The Morgan fingerprint density at radius 1 is 1.60 bits per heavy atom. The molecule has 0 saturated heterocycles. The molecule has 0 amide bonds. The summed E-state index contributed by atoms with van der Waals surface area (Å²) in [6.07, 6.45) is 2.69. The molecule has 0 spiro atoms. The van der Waals surface area contributed by atoms with Gasteiger partial charge >= 0.3 is 0 Å². The van der Waals surface area contributed by atoms with E-state index in [4.69, 9.17) is 0 Å². The summed E-state index contributed by atoms with van der Waals surface area (Å²) in [6, 6.07) is 4.41. The predicted molar refractivity (Wildman–Crippen MR) is 59.5 cm³/mol. The Balaban J connectivity index is 2.82. The Labute approximate surface area is 89.4 Å². The van der Waals surface area contributed by atoms with Gasteiger partial charge in [0.2, 0.25) is 0 Å². The summed E-state index contributed by atoms with van der Waals surface area (Å²) in [4.78, 5) is 0. The average molecular weight is 209 g/mol. The first-order valence-electron chi connectivity index (χ1n) is 4.94. The van der Waals surface area contributed by atoms with Gasteiger partial charge in [-0.05, 0) is 37.7 Å². The lowest BCUT2D eigenvalue weighted by atomic mass is 9.95. The van der Waals surface area contributed by atoms with E-state index in [0.717, 1.165) is 18.5 Å². The van der Waals surface area contributed by atoms with Gasteiger partial charge in [-0.3, -0.25) is 0 Å². The molecule has 0 saturated carbocycles. The first-order chi connectivity index (χ1) is 7.19. The summed E-state index contributed by atoms with van der Waals surface area (Å²) in [5.41, 5.74) is 0.888. The van der Waals surface area contributed by atoms with Crippen molar-refractivity contribution < 1.29 is 9.50 Å². The first-order valence-corrected chi connectivity index (χ1v) is 4.94. The van der Waals surface area contributed by atoms with Crippen molar-refractivity contribution in [3.63, 3.8) is 0 Å². The van der Waals surface area contributed by atoms with Crippen molar-refractivity contribution in [3.8, 4) is 5.75 Å². The topological polar surface area (TPSA) is 32.3 Å². The fourth-order valence-electron chi connectivity index (χ4n) is 1.48. The van der Waals surface area contributed by atoms with Gasteiger partial charge < -0.3 is 10.4 Å². The Morgan fingerprint density at radius 3 is 2.87 bits per heavy atom. The van der Waals surface area contributed by atoms with Crippen LogP contribution in [0.4, 0.5) is 4.39 Å². The van der Waals surface area contributed by atoms with E-state index in [1.165, 1.54) is 12.1 Å². The minimum Gasteiger partial charge on any atom is -0.505 e. The normalized spacial score (nSPS) is 12.4. The molecule has 2 nitrogen and oxygen atoms in total. The van der Waals surface area contributed by atoms with Crippen LogP contribution in [0, 0.1) is 5.82 Å². The van der Waals surface area contributed by atoms with E-state index >= 15 is 0 Å². The van der Waals surface area contributed by atoms with Crippen LogP contribution < -0.4 is 5.32 Å². The Bertz CT molecular complexity index is 338. The number of allylic oxidation sites excluding steroid dienone is 1. The molecule has 2 N–H and O–H groups in total. The fourth-order valence-corrected chi connectivity index (χ4v) is 1.48. The number of nitrogens with one attached hydrogen (secondary N) is 1. The third-order valence-corrected chi connectivity index (χ3v) is 2.39. The van der Waals surface area contributed by atoms with Crippen LogP contribution in [0.2, 0.25) is 0 Å². The Kier molecular flexibility index (Phi) is 4.31. The third-order valence-electron chi connectivity index (χ3n) is 2.39. The van der Waals surface area contributed by atoms with Crippen LogP contribution >= 0.6 is 0 Å². The van der Waals surface area contributed by atoms with Gasteiger partial charge in [0.25, 0.3) is 0 Å². The highest BCUT2D eigenvalue weighted by atomic mass is 19.1. The molecule has 0 aliphatic carbocycles. The van der Waals surface area contributed by atoms with E-state index in [-0.39, 0.29) is 11.7 Å². The molecule has 0 heterocycles. The second-order valence-corrected chi connectivity index (χ2v) is 3.45. The van der Waals surface area contributed by atoms with Crippen molar-refractivity contribution in [2.45, 2.75) is 12.3 Å². The van der Waals surface area contributed by atoms with Gasteiger partial charge in [0, 0.05) is 5.92 Å². The maximum absolute atomic E-state index is 12.8. The van der Waals surface area contributed by atoms with Gasteiger partial charge in [-0.2, -0.15) is 0 Å². The van der Waals surface area contributed by atoms with Crippen LogP contribution in [0.25, 0.3) is 0 Å². The van der Waals surface area contributed by atoms with Crippen LogP contribution in [0.15, 0.2) is 30.9 Å². The molecule has 1 aromatic carbocycles. The summed E-state index contributed by atoms with van der Waals surface area (Å²) in [7, 11) is 1.88. The molecule has 1 unspecified atom stereocenters. The molecule has 0 aromatic heterocycles. The number of hydrogen-bond acceptors (Lipinski definition) is 2. The molecule has 15 heavy (non-hydrogen) atoms. The zero-order valence-corrected chi connectivity index (χ0v) is 8.83. The second kappa shape index (κ2) is 5.51. The van der Waals surface area contributed by atoms with Gasteiger partial charge in [0.05, 0.1) is 0 Å². The minimum atomic E-state index is -0.588. The lowest BCUT2D eigenvalue weighted by Gasteiger charge is -2.12. The molecule has 0 radical (unpaired) electrons. The molecule has 0 aliphatic heterocycles. The summed E-state index contributed by atoms with van der Waals surface area (Å²) >= 11 is 0. The first kappa shape index (κ1) is 11.7. The van der Waals surface area contributed by atoms with Crippen molar-refractivity contribution >= 4 is 0 Å². The smallest absolute Gasteiger partial charge is 0.164 e. The van der Waals surface area contributed by atoms with Crippen LogP contribution in [-0.2, 0) is 0 Å². The minimum absolute atomic E-state index is 0.143. The zero-order chi connectivity index (χ0) is 11.3. The number of aromatic hydroxyl groups is 1. The van der Waals surface area contributed by atoms with Gasteiger partial charge in [0.15, 0.2) is 11.6 Å². The average Bonchev–Trinajstić information content (AvgIpc) is 2.24. The maximum atomic E-state index is 12.8. The molecular formula is C12H16FNO. The van der Waals surface area contributed by atoms with E-state index in [0.29, 0.717) is 0 Å². The Hall–Kier alpha value is -1.35. The standard InChI is InChI=1S/C12H16FNO/c1-3-9(6-7-14-2)10-4-5-11(13)12(15)8-10/h3-5,8-9,14-15H,1,6-7H2,2H3. The SMILES string of the molecule is C=CC(CCNC)c1ccc(F)c(O)c1. The number of benzene rings is 1. The predicted octanol–water partition coefficient (Wildman–Crippen LogP) is 2.41. The van der Waals surface area contributed by atoms with Crippen molar-refractivity contribution in [1.29, 1.82) is 0 Å². The van der Waals surface area contributed by atoms with E-state index in [2.05, 4.69) is 11.9 Å². The second-order valence-electron chi connectivity index (χ2n) is 3.45. The lowest BCUT2D eigenvalue weighted by Crippen LogP contribution is -2.11. The molecule has 1 aromatic rings. The van der Waals surface area contributed by atoms with Crippen LogP contribution in [-0.4, -0.2) is 18.7 Å². The molecule has 0 fully saturated rings. The fraction of sp³-hybridized carbons (Fsp3) is 0.333. The quantitative estimate of drug-likeness (QED) is 0.730. The summed E-state index contributed by atoms with van der Waals surface area (Å²) in [6.45, 7) is 4.60. The van der Waals surface area contributed by atoms with Gasteiger partial charge in [-0.15, -0.1) is 6.58 Å². The van der Waals surface area contributed by atoms with E-state index < -0.39 is 5.82 Å². The summed E-state index contributed by atoms with van der Waals surface area (Å²) < 4.78 is 12.8. The van der Waals surface area contributed by atoms with Crippen molar-refractivity contribution in [3.05, 3.63) is 42.2 Å². The van der Waals surface area contributed by atoms with Crippen LogP contribution in [0.5, 0.6) is 5.75 Å². The van der Waals surface area contributed by atoms with E-state index in [9.17, 15) is 9.50 Å². The highest BCUT2D eigenvalue weighted by Gasteiger charge is 2.09. The zero-order valence-electron chi connectivity index (χ0n) is 8.83. The molecular weight excluding hydrogens is 193 g/mol. The van der Waals surface area contributed by atoms with Crippen LogP contribution in [0.1, 0.15) is 17.9 Å². The van der Waals surface area contributed by atoms with Gasteiger partial charge in [0.1, 0.15) is 0 Å². The lowest BCUT2D eigenvalue weighted by molar-refractivity contribution is 0.431. The van der Waals surface area contributed by atoms with Gasteiger partial charge in [-0.25, -0.2) is 4.39 Å². The Morgan fingerprint density at radius 2 is 2.33 bits per heavy atom. The van der Waals surface area contributed by atoms with Crippen molar-refractivity contribution in [1.82, 2.24) is 5.32 Å². The van der Waals surface area contributed by atoms with E-state index in [1.54, 1.807) is 6.07 Å².